The van der Waals surface area contributed by atoms with E-state index >= 15 is 0 Å². The Kier molecular flexibility index (Phi) is 5.76. The van der Waals surface area contributed by atoms with Crippen molar-refractivity contribution in [3.8, 4) is 0 Å². The van der Waals surface area contributed by atoms with Gasteiger partial charge in [-0.3, -0.25) is 4.79 Å². The van der Waals surface area contributed by atoms with Crippen LogP contribution in [-0.2, 0) is 20.7 Å². The van der Waals surface area contributed by atoms with E-state index in [1.807, 2.05) is 0 Å². The summed E-state index contributed by atoms with van der Waals surface area (Å²) in [5.74, 6) is -0.821. The van der Waals surface area contributed by atoms with Crippen LogP contribution in [0.2, 0.25) is 5.15 Å². The first kappa shape index (κ1) is 15.4. The summed E-state index contributed by atoms with van der Waals surface area (Å²) in [6.07, 6.45) is 0.426. The first-order chi connectivity index (χ1) is 8.99. The molecule has 1 rings (SSSR count). The molecular weight excluding hydrogens is 270 g/mol. The van der Waals surface area contributed by atoms with Crippen LogP contribution in [0.4, 0.5) is 0 Å². The number of rotatable bonds is 5. The number of carbonyl (C=O) groups is 2. The van der Waals surface area contributed by atoms with Crippen LogP contribution in [0.25, 0.3) is 0 Å². The number of nitrogens with zero attached hydrogens (tertiary/aromatic N) is 1. The molecule has 0 saturated carbocycles. The Hall–Kier alpha value is -1.62. The molecule has 0 radical (unpaired) electrons. The maximum absolute atomic E-state index is 11.7. The van der Waals surface area contributed by atoms with E-state index in [1.54, 1.807) is 19.9 Å². The Morgan fingerprint density at radius 1 is 1.42 bits per heavy atom. The molecule has 0 amide bonds. The van der Waals surface area contributed by atoms with E-state index in [0.717, 1.165) is 0 Å². The van der Waals surface area contributed by atoms with Crippen molar-refractivity contribution < 1.29 is 19.1 Å². The monoisotopic (exact) mass is 285 g/mol. The Balaban J connectivity index is 2.98. The maximum Gasteiger partial charge on any atom is 0.339 e. The number of halogens is 1. The molecule has 0 aromatic carbocycles. The van der Waals surface area contributed by atoms with Crippen molar-refractivity contribution in [3.05, 3.63) is 28.0 Å². The van der Waals surface area contributed by atoms with Crippen LogP contribution < -0.4 is 0 Å². The minimum atomic E-state index is -0.486. The van der Waals surface area contributed by atoms with Crippen molar-refractivity contribution >= 4 is 23.5 Å². The van der Waals surface area contributed by atoms with Gasteiger partial charge >= 0.3 is 11.9 Å². The second kappa shape index (κ2) is 7.09. The molecule has 0 aliphatic carbocycles. The van der Waals surface area contributed by atoms with Gasteiger partial charge in [-0.25, -0.2) is 9.78 Å². The second-order valence-electron chi connectivity index (χ2n) is 3.88. The van der Waals surface area contributed by atoms with Crippen LogP contribution in [0.5, 0.6) is 0 Å². The highest BCUT2D eigenvalue weighted by molar-refractivity contribution is 6.29. The van der Waals surface area contributed by atoms with Gasteiger partial charge in [0.1, 0.15) is 5.15 Å². The quantitative estimate of drug-likeness (QED) is 0.613. The molecule has 6 heteroatoms. The molecule has 0 bridgehead atoms. The summed E-state index contributed by atoms with van der Waals surface area (Å²) in [6, 6.07) is 1.58. The predicted octanol–water partition coefficient (Wildman–Crippen LogP) is 2.33. The molecular formula is C13H16ClNO4. The van der Waals surface area contributed by atoms with Crippen molar-refractivity contribution in [2.75, 3.05) is 13.7 Å². The van der Waals surface area contributed by atoms with Crippen LogP contribution in [0, 0.1) is 6.92 Å². The minimum Gasteiger partial charge on any atom is -0.466 e. The Labute approximate surface area is 116 Å². The molecule has 0 unspecified atom stereocenters. The largest absolute Gasteiger partial charge is 0.466 e. The van der Waals surface area contributed by atoms with E-state index in [1.165, 1.54) is 7.11 Å². The zero-order valence-electron chi connectivity index (χ0n) is 11.2. The standard InChI is InChI=1S/C13H16ClNO4/c1-4-19-11(16)6-5-9-12(13(17)18-3)8(2)7-10(14)15-9/h7H,4-6H2,1-3H3. The number of pyridine rings is 1. The molecule has 0 spiro atoms. The molecule has 5 nitrogen and oxygen atoms in total. The number of hydrogen-bond acceptors (Lipinski definition) is 5. The highest BCUT2D eigenvalue weighted by Crippen LogP contribution is 2.19. The van der Waals surface area contributed by atoms with Crippen molar-refractivity contribution in [1.82, 2.24) is 4.98 Å². The molecule has 1 heterocycles. The second-order valence-corrected chi connectivity index (χ2v) is 4.27. The molecule has 1 aromatic rings. The lowest BCUT2D eigenvalue weighted by molar-refractivity contribution is -0.143. The molecule has 0 fully saturated rings. The smallest absolute Gasteiger partial charge is 0.339 e. The third kappa shape index (κ3) is 4.21. The zero-order chi connectivity index (χ0) is 14.4. The fraction of sp³-hybridized carbons (Fsp3) is 0.462. The Morgan fingerprint density at radius 2 is 2.11 bits per heavy atom. The fourth-order valence-corrected chi connectivity index (χ4v) is 1.98. The molecule has 0 N–H and O–H groups in total. The number of aryl methyl sites for hydroxylation is 2. The van der Waals surface area contributed by atoms with Gasteiger partial charge in [-0.15, -0.1) is 0 Å². The van der Waals surface area contributed by atoms with Gasteiger partial charge in [-0.1, -0.05) is 11.6 Å². The third-order valence-corrected chi connectivity index (χ3v) is 2.71. The summed E-state index contributed by atoms with van der Waals surface area (Å²) in [5.41, 5.74) is 1.48. The minimum absolute atomic E-state index is 0.143. The van der Waals surface area contributed by atoms with E-state index < -0.39 is 5.97 Å². The van der Waals surface area contributed by atoms with Gasteiger partial charge in [0.2, 0.25) is 0 Å². The maximum atomic E-state index is 11.7. The van der Waals surface area contributed by atoms with Crippen LogP contribution in [-0.4, -0.2) is 30.6 Å². The average Bonchev–Trinajstić information content (AvgIpc) is 2.35. The SMILES string of the molecule is CCOC(=O)CCc1nc(Cl)cc(C)c1C(=O)OC. The average molecular weight is 286 g/mol. The zero-order valence-corrected chi connectivity index (χ0v) is 11.9. The lowest BCUT2D eigenvalue weighted by Gasteiger charge is -2.10. The Morgan fingerprint density at radius 3 is 2.68 bits per heavy atom. The molecule has 104 valence electrons. The van der Waals surface area contributed by atoms with Gasteiger partial charge in [0.15, 0.2) is 0 Å². The Bertz CT molecular complexity index is 488. The normalized spacial score (nSPS) is 10.1. The first-order valence-corrected chi connectivity index (χ1v) is 6.27. The third-order valence-electron chi connectivity index (χ3n) is 2.52. The van der Waals surface area contributed by atoms with Crippen LogP contribution in [0.3, 0.4) is 0 Å². The van der Waals surface area contributed by atoms with Crippen LogP contribution in [0.1, 0.15) is 35.0 Å². The van der Waals surface area contributed by atoms with Gasteiger partial charge in [-0.05, 0) is 25.5 Å². The number of methoxy groups -OCH3 is 1. The summed E-state index contributed by atoms with van der Waals surface area (Å²) in [4.78, 5) is 27.1. The van der Waals surface area contributed by atoms with Crippen molar-refractivity contribution in [3.63, 3.8) is 0 Å². The number of ether oxygens (including phenoxy) is 2. The van der Waals surface area contributed by atoms with Gasteiger partial charge in [0.25, 0.3) is 0 Å². The van der Waals surface area contributed by atoms with E-state index in [2.05, 4.69) is 4.98 Å². The number of carbonyl (C=O) groups excluding carboxylic acids is 2. The number of hydrogen-bond donors (Lipinski definition) is 0. The summed E-state index contributed by atoms with van der Waals surface area (Å²) in [6.45, 7) is 3.80. The molecule has 0 atom stereocenters. The first-order valence-electron chi connectivity index (χ1n) is 5.89. The summed E-state index contributed by atoms with van der Waals surface area (Å²) in [5, 5.41) is 0.281. The van der Waals surface area contributed by atoms with E-state index in [-0.39, 0.29) is 24.0 Å². The van der Waals surface area contributed by atoms with Crippen molar-refractivity contribution in [1.29, 1.82) is 0 Å². The molecule has 1 aromatic heterocycles. The highest BCUT2D eigenvalue weighted by Gasteiger charge is 2.18. The van der Waals surface area contributed by atoms with E-state index in [4.69, 9.17) is 21.1 Å². The molecule has 19 heavy (non-hydrogen) atoms. The topological polar surface area (TPSA) is 65.5 Å². The van der Waals surface area contributed by atoms with E-state index in [9.17, 15) is 9.59 Å². The van der Waals surface area contributed by atoms with Gasteiger partial charge < -0.3 is 9.47 Å². The predicted molar refractivity (Wildman–Crippen MR) is 70.3 cm³/mol. The van der Waals surface area contributed by atoms with Crippen molar-refractivity contribution in [2.45, 2.75) is 26.7 Å². The van der Waals surface area contributed by atoms with E-state index in [0.29, 0.717) is 23.4 Å². The van der Waals surface area contributed by atoms with Crippen LogP contribution >= 0.6 is 11.6 Å². The number of esters is 2. The molecule has 0 saturated heterocycles. The molecule has 0 aliphatic rings. The lowest BCUT2D eigenvalue weighted by atomic mass is 10.0. The fourth-order valence-electron chi connectivity index (χ4n) is 1.71. The van der Waals surface area contributed by atoms with Gasteiger partial charge in [0, 0.05) is 6.42 Å². The van der Waals surface area contributed by atoms with Crippen molar-refractivity contribution in [2.24, 2.45) is 0 Å². The summed E-state index contributed by atoms with van der Waals surface area (Å²) in [7, 11) is 1.30. The number of aromatic nitrogens is 1. The van der Waals surface area contributed by atoms with Gasteiger partial charge in [-0.2, -0.15) is 0 Å². The summed E-state index contributed by atoms with van der Waals surface area (Å²) < 4.78 is 9.55. The molecule has 0 aliphatic heterocycles. The van der Waals surface area contributed by atoms with Gasteiger partial charge in [0.05, 0.1) is 31.4 Å². The lowest BCUT2D eigenvalue weighted by Crippen LogP contribution is -2.13. The van der Waals surface area contributed by atoms with Crippen LogP contribution in [0.15, 0.2) is 6.07 Å². The summed E-state index contributed by atoms with van der Waals surface area (Å²) >= 11 is 5.87. The highest BCUT2D eigenvalue weighted by atomic mass is 35.5.